The molecule has 3 rings (SSSR count). The predicted molar refractivity (Wildman–Crippen MR) is 78.8 cm³/mol. The van der Waals surface area contributed by atoms with Crippen molar-refractivity contribution in [2.45, 2.75) is 31.2 Å². The van der Waals surface area contributed by atoms with E-state index < -0.39 is 0 Å². The molecule has 0 fully saturated rings. The van der Waals surface area contributed by atoms with Gasteiger partial charge in [-0.15, -0.1) is 11.3 Å². The highest BCUT2D eigenvalue weighted by Gasteiger charge is 2.21. The van der Waals surface area contributed by atoms with Gasteiger partial charge in [-0.2, -0.15) is 0 Å². The summed E-state index contributed by atoms with van der Waals surface area (Å²) in [6, 6.07) is 0. The highest BCUT2D eigenvalue weighted by atomic mass is 32.2. The van der Waals surface area contributed by atoms with Crippen LogP contribution in [0, 0.1) is 0 Å². The Morgan fingerprint density at radius 1 is 1.47 bits per heavy atom. The fourth-order valence-corrected chi connectivity index (χ4v) is 4.54. The number of carbonyl (C=O) groups excluding carboxylic acids is 1. The average Bonchev–Trinajstić information content (AvgIpc) is 2.96. The number of nitrogens with one attached hydrogen (secondary N) is 1. The van der Waals surface area contributed by atoms with E-state index in [1.54, 1.807) is 17.7 Å². The van der Waals surface area contributed by atoms with Gasteiger partial charge in [-0.25, -0.2) is 9.97 Å². The molecule has 0 spiro atoms. The normalized spacial score (nSPS) is 13.7. The molecule has 2 heterocycles. The zero-order valence-electron chi connectivity index (χ0n) is 10.7. The van der Waals surface area contributed by atoms with Gasteiger partial charge in [-0.05, 0) is 31.7 Å². The van der Waals surface area contributed by atoms with Crippen molar-refractivity contribution in [3.05, 3.63) is 16.8 Å². The van der Waals surface area contributed by atoms with Gasteiger partial charge in [0.1, 0.15) is 16.2 Å². The van der Waals surface area contributed by atoms with Crippen molar-refractivity contribution < 1.29 is 4.79 Å². The van der Waals surface area contributed by atoms with Crippen LogP contribution in [0.3, 0.4) is 0 Å². The third-order valence-corrected chi connectivity index (χ3v) is 5.37. The Balaban J connectivity index is 1.89. The van der Waals surface area contributed by atoms with E-state index in [4.69, 9.17) is 0 Å². The van der Waals surface area contributed by atoms with Crippen molar-refractivity contribution in [3.63, 3.8) is 0 Å². The molecule has 1 aliphatic rings. The fraction of sp³-hybridized carbons (Fsp3) is 0.462. The Labute approximate surface area is 120 Å². The lowest BCUT2D eigenvalue weighted by Crippen LogP contribution is -2.24. The maximum absolute atomic E-state index is 11.6. The standard InChI is InChI=1S/C13H15N3OS2/c1-2-14-10(17)6-18-12-11-8-4-3-5-9(8)19-13(11)16-7-15-12/h7H,2-6H2,1H3,(H,14,17). The first-order valence-electron chi connectivity index (χ1n) is 6.44. The molecule has 100 valence electrons. The summed E-state index contributed by atoms with van der Waals surface area (Å²) >= 11 is 3.29. The number of hydrogen-bond donors (Lipinski definition) is 1. The Morgan fingerprint density at radius 2 is 2.37 bits per heavy atom. The molecular weight excluding hydrogens is 278 g/mol. The number of rotatable bonds is 4. The SMILES string of the molecule is CCNC(=O)CSc1ncnc2sc3c(c12)CCC3. The van der Waals surface area contributed by atoms with Gasteiger partial charge in [-0.1, -0.05) is 11.8 Å². The monoisotopic (exact) mass is 293 g/mol. The average molecular weight is 293 g/mol. The summed E-state index contributed by atoms with van der Waals surface area (Å²) in [5.41, 5.74) is 1.42. The first-order chi connectivity index (χ1) is 9.29. The Kier molecular flexibility index (Phi) is 3.70. The Morgan fingerprint density at radius 3 is 3.21 bits per heavy atom. The van der Waals surface area contributed by atoms with Gasteiger partial charge < -0.3 is 5.32 Å². The minimum Gasteiger partial charge on any atom is -0.356 e. The van der Waals surface area contributed by atoms with Crippen LogP contribution in [-0.2, 0) is 17.6 Å². The second-order valence-electron chi connectivity index (χ2n) is 4.46. The lowest BCUT2D eigenvalue weighted by Gasteiger charge is -2.04. The highest BCUT2D eigenvalue weighted by molar-refractivity contribution is 8.00. The van der Waals surface area contributed by atoms with Crippen LogP contribution in [-0.4, -0.2) is 28.2 Å². The van der Waals surface area contributed by atoms with Gasteiger partial charge in [0, 0.05) is 16.8 Å². The van der Waals surface area contributed by atoms with Gasteiger partial charge in [-0.3, -0.25) is 4.79 Å². The van der Waals surface area contributed by atoms with Crippen LogP contribution >= 0.6 is 23.1 Å². The van der Waals surface area contributed by atoms with Crippen molar-refractivity contribution in [2.75, 3.05) is 12.3 Å². The van der Waals surface area contributed by atoms with Crippen LogP contribution in [0.15, 0.2) is 11.4 Å². The molecule has 0 saturated heterocycles. The fourth-order valence-electron chi connectivity index (χ4n) is 2.39. The number of nitrogens with zero attached hydrogens (tertiary/aromatic N) is 2. The summed E-state index contributed by atoms with van der Waals surface area (Å²) in [5.74, 6) is 0.482. The second kappa shape index (κ2) is 5.46. The molecule has 6 heteroatoms. The van der Waals surface area contributed by atoms with Gasteiger partial charge in [0.2, 0.25) is 5.91 Å². The maximum atomic E-state index is 11.6. The summed E-state index contributed by atoms with van der Waals surface area (Å²) in [4.78, 5) is 22.8. The molecule has 2 aromatic heterocycles. The summed E-state index contributed by atoms with van der Waals surface area (Å²) in [6.45, 7) is 2.60. The van der Waals surface area contributed by atoms with E-state index in [1.165, 1.54) is 34.0 Å². The number of thiophene rings is 1. The van der Waals surface area contributed by atoms with Crippen molar-refractivity contribution in [3.8, 4) is 0 Å². The zero-order valence-corrected chi connectivity index (χ0v) is 12.4. The van der Waals surface area contributed by atoms with Crippen LogP contribution in [0.2, 0.25) is 0 Å². The van der Waals surface area contributed by atoms with Gasteiger partial charge in [0.05, 0.1) is 5.75 Å². The molecule has 0 aliphatic heterocycles. The van der Waals surface area contributed by atoms with Crippen molar-refractivity contribution >= 4 is 39.2 Å². The van der Waals surface area contributed by atoms with E-state index >= 15 is 0 Å². The largest absolute Gasteiger partial charge is 0.356 e. The van der Waals surface area contributed by atoms with Crippen molar-refractivity contribution in [1.82, 2.24) is 15.3 Å². The van der Waals surface area contributed by atoms with Crippen LogP contribution in [0.5, 0.6) is 0 Å². The summed E-state index contributed by atoms with van der Waals surface area (Å²) in [6.07, 6.45) is 5.12. The predicted octanol–water partition coefficient (Wildman–Crippen LogP) is 2.41. The molecule has 0 saturated carbocycles. The molecule has 0 aromatic carbocycles. The van der Waals surface area contributed by atoms with Gasteiger partial charge >= 0.3 is 0 Å². The molecular formula is C13H15N3OS2. The third-order valence-electron chi connectivity index (χ3n) is 3.18. The third kappa shape index (κ3) is 2.47. The van der Waals surface area contributed by atoms with E-state index in [-0.39, 0.29) is 5.91 Å². The van der Waals surface area contributed by atoms with Crippen LogP contribution in [0.1, 0.15) is 23.8 Å². The maximum Gasteiger partial charge on any atom is 0.230 e. The number of aryl methyl sites for hydroxylation is 2. The van der Waals surface area contributed by atoms with Gasteiger partial charge in [0.25, 0.3) is 0 Å². The summed E-state index contributed by atoms with van der Waals surface area (Å²) in [5, 5.41) is 4.95. The molecule has 19 heavy (non-hydrogen) atoms. The summed E-state index contributed by atoms with van der Waals surface area (Å²) < 4.78 is 0. The van der Waals surface area contributed by atoms with Gasteiger partial charge in [0.15, 0.2) is 0 Å². The van der Waals surface area contributed by atoms with Crippen molar-refractivity contribution in [1.29, 1.82) is 0 Å². The molecule has 2 aromatic rings. The van der Waals surface area contributed by atoms with Crippen LogP contribution in [0.4, 0.5) is 0 Å². The second-order valence-corrected chi connectivity index (χ2v) is 6.51. The number of thioether (sulfide) groups is 1. The molecule has 1 aliphatic carbocycles. The number of hydrogen-bond acceptors (Lipinski definition) is 5. The number of amides is 1. The van der Waals surface area contributed by atoms with Crippen molar-refractivity contribution in [2.24, 2.45) is 0 Å². The lowest BCUT2D eigenvalue weighted by molar-refractivity contribution is -0.118. The quantitative estimate of drug-likeness (QED) is 0.695. The lowest BCUT2D eigenvalue weighted by atomic mass is 10.2. The molecule has 0 bridgehead atoms. The summed E-state index contributed by atoms with van der Waals surface area (Å²) in [7, 11) is 0. The Bertz CT molecular complexity index is 624. The molecule has 0 unspecified atom stereocenters. The van der Waals surface area contributed by atoms with Crippen LogP contribution < -0.4 is 5.32 Å². The highest BCUT2D eigenvalue weighted by Crippen LogP contribution is 2.39. The topological polar surface area (TPSA) is 54.9 Å². The first kappa shape index (κ1) is 12.9. The van der Waals surface area contributed by atoms with E-state index in [9.17, 15) is 4.79 Å². The Hall–Kier alpha value is -1.14. The molecule has 1 amide bonds. The smallest absolute Gasteiger partial charge is 0.230 e. The van der Waals surface area contributed by atoms with E-state index in [0.717, 1.165) is 22.7 Å². The zero-order chi connectivity index (χ0) is 13.2. The molecule has 4 nitrogen and oxygen atoms in total. The minimum absolute atomic E-state index is 0.0612. The first-order valence-corrected chi connectivity index (χ1v) is 8.24. The van der Waals surface area contributed by atoms with Crippen LogP contribution in [0.25, 0.3) is 10.2 Å². The number of carbonyl (C=O) groups is 1. The van der Waals surface area contributed by atoms with E-state index in [2.05, 4.69) is 15.3 Å². The molecule has 1 N–H and O–H groups in total. The number of fused-ring (bicyclic) bond motifs is 3. The molecule has 0 radical (unpaired) electrons. The number of aromatic nitrogens is 2. The van der Waals surface area contributed by atoms with E-state index in [0.29, 0.717) is 12.3 Å². The molecule has 0 atom stereocenters. The minimum atomic E-state index is 0.0612. The van der Waals surface area contributed by atoms with E-state index in [1.807, 2.05) is 6.92 Å².